The minimum atomic E-state index is -1.84. The number of carboxylic acid groups (broad SMARTS) is 2. The Bertz CT molecular complexity index is 250. The number of unbranched alkanes of at least 4 members (excludes halogenated alkanes) is 4. The van der Waals surface area contributed by atoms with Crippen molar-refractivity contribution in [2.75, 3.05) is 0 Å². The second kappa shape index (κ2) is 10.3. The normalized spacial score (nSPS) is 11.1. The largest absolute Gasteiger partial charge is 2.00 e. The molecule has 0 heterocycles. The summed E-state index contributed by atoms with van der Waals surface area (Å²) in [4.78, 5) is 22.2. The van der Waals surface area contributed by atoms with E-state index in [-0.39, 0.29) is 55.3 Å². The van der Waals surface area contributed by atoms with Crippen LogP contribution in [0.15, 0.2) is 0 Å². The molecular weight excluding hydrogens is 357 g/mol. The van der Waals surface area contributed by atoms with Crippen LogP contribution in [0.25, 0.3) is 0 Å². The molecule has 0 amide bonds. The van der Waals surface area contributed by atoms with Crippen molar-refractivity contribution in [3.05, 3.63) is 0 Å². The molecule has 5 heteroatoms. The van der Waals surface area contributed by atoms with Gasteiger partial charge in [0.2, 0.25) is 0 Å². The average Bonchev–Trinajstić information content (AvgIpc) is 2.21. The molecule has 100 valence electrons. The van der Waals surface area contributed by atoms with Crippen LogP contribution in [0.1, 0.15) is 59.3 Å². The Morgan fingerprint density at radius 2 is 1.44 bits per heavy atom. The van der Waals surface area contributed by atoms with Crippen LogP contribution in [0.2, 0.25) is 0 Å². The van der Waals surface area contributed by atoms with Crippen LogP contribution in [0, 0.1) is 11.3 Å². The Kier molecular flexibility index (Phi) is 11.9. The van der Waals surface area contributed by atoms with Crippen LogP contribution in [-0.4, -0.2) is 60.8 Å². The van der Waals surface area contributed by atoms with Gasteiger partial charge in [-0.1, -0.05) is 52.9 Å². The molecule has 0 aliphatic rings. The number of carbonyl (C=O) groups excluding carboxylic acids is 2. The van der Waals surface area contributed by atoms with Gasteiger partial charge in [0.1, 0.15) is 0 Å². The van der Waals surface area contributed by atoms with Crippen molar-refractivity contribution in [1.82, 2.24) is 0 Å². The molecule has 0 atom stereocenters. The first-order valence-corrected chi connectivity index (χ1v) is 6.32. The zero-order valence-corrected chi connectivity index (χ0v) is 16.1. The molecular formula is C13H22BaO4. The molecule has 0 aromatic rings. The molecule has 0 aromatic carbocycles. The topological polar surface area (TPSA) is 80.3 Å². The second-order valence-electron chi connectivity index (χ2n) is 4.87. The van der Waals surface area contributed by atoms with Crippen molar-refractivity contribution in [1.29, 1.82) is 0 Å². The van der Waals surface area contributed by atoms with Gasteiger partial charge in [0, 0.05) is 0 Å². The Hall–Kier alpha value is 0.511. The van der Waals surface area contributed by atoms with Gasteiger partial charge in [-0.05, 0) is 12.3 Å². The monoisotopic (exact) mass is 380 g/mol. The van der Waals surface area contributed by atoms with E-state index < -0.39 is 23.3 Å². The summed E-state index contributed by atoms with van der Waals surface area (Å²) in [5.41, 5.74) is -1.84. The maximum absolute atomic E-state index is 11.1. The summed E-state index contributed by atoms with van der Waals surface area (Å²) in [6, 6.07) is 0. The van der Waals surface area contributed by atoms with E-state index in [1.807, 2.05) is 0 Å². The van der Waals surface area contributed by atoms with Crippen molar-refractivity contribution in [3.8, 4) is 0 Å². The molecule has 0 aliphatic carbocycles. The van der Waals surface area contributed by atoms with Crippen molar-refractivity contribution in [2.24, 2.45) is 11.3 Å². The van der Waals surface area contributed by atoms with Crippen LogP contribution < -0.4 is 10.2 Å². The van der Waals surface area contributed by atoms with Gasteiger partial charge >= 0.3 is 48.9 Å². The molecule has 0 aromatic heterocycles. The number of hydrogen-bond acceptors (Lipinski definition) is 4. The third-order valence-electron chi connectivity index (χ3n) is 3.39. The standard InChI is InChI=1S/C13H24O4.Ba/c1-4-5-6-7-8-9-13(10(2)3,11(14)15)12(16)17;/h10H,4-9H2,1-3H3,(H,14,15)(H,16,17);/q;+2/p-2. The zero-order valence-electron chi connectivity index (χ0n) is 11.7. The number of aliphatic carboxylic acids is 2. The van der Waals surface area contributed by atoms with E-state index in [1.165, 1.54) is 0 Å². The van der Waals surface area contributed by atoms with Crippen molar-refractivity contribution >= 4 is 60.8 Å². The number of rotatable bonds is 9. The maximum Gasteiger partial charge on any atom is 2.00 e. The number of carboxylic acids is 2. The van der Waals surface area contributed by atoms with E-state index in [9.17, 15) is 19.8 Å². The van der Waals surface area contributed by atoms with E-state index in [0.29, 0.717) is 6.42 Å². The third-order valence-corrected chi connectivity index (χ3v) is 3.39. The van der Waals surface area contributed by atoms with Crippen LogP contribution >= 0.6 is 0 Å². The van der Waals surface area contributed by atoms with E-state index >= 15 is 0 Å². The molecule has 0 aliphatic heterocycles. The van der Waals surface area contributed by atoms with Gasteiger partial charge in [-0.25, -0.2) is 0 Å². The summed E-state index contributed by atoms with van der Waals surface area (Å²) in [6.45, 7) is 5.25. The number of hydrogen-bond donors (Lipinski definition) is 0. The summed E-state index contributed by atoms with van der Waals surface area (Å²) < 4.78 is 0. The Labute approximate surface area is 150 Å². The van der Waals surface area contributed by atoms with E-state index in [2.05, 4.69) is 6.92 Å². The summed E-state index contributed by atoms with van der Waals surface area (Å²) in [5.74, 6) is -3.57. The summed E-state index contributed by atoms with van der Waals surface area (Å²) in [5, 5.41) is 22.2. The van der Waals surface area contributed by atoms with Gasteiger partial charge in [0.05, 0.1) is 17.4 Å². The zero-order chi connectivity index (χ0) is 13.5. The van der Waals surface area contributed by atoms with Crippen LogP contribution in [-0.2, 0) is 9.59 Å². The molecule has 4 nitrogen and oxygen atoms in total. The van der Waals surface area contributed by atoms with Gasteiger partial charge in [-0.2, -0.15) is 0 Å². The fraction of sp³-hybridized carbons (Fsp3) is 0.846. The van der Waals surface area contributed by atoms with Crippen molar-refractivity contribution < 1.29 is 19.8 Å². The van der Waals surface area contributed by atoms with E-state index in [4.69, 9.17) is 0 Å². The van der Waals surface area contributed by atoms with Crippen LogP contribution in [0.4, 0.5) is 0 Å². The molecule has 18 heavy (non-hydrogen) atoms. The first kappa shape index (κ1) is 20.8. The summed E-state index contributed by atoms with van der Waals surface area (Å²) in [7, 11) is 0. The smallest absolute Gasteiger partial charge is 0.549 e. The van der Waals surface area contributed by atoms with E-state index in [1.54, 1.807) is 13.8 Å². The van der Waals surface area contributed by atoms with Gasteiger partial charge < -0.3 is 19.8 Å². The van der Waals surface area contributed by atoms with Gasteiger partial charge in [-0.3, -0.25) is 0 Å². The van der Waals surface area contributed by atoms with Crippen LogP contribution in [0.5, 0.6) is 0 Å². The number of carbonyl (C=O) groups is 2. The average molecular weight is 380 g/mol. The summed E-state index contributed by atoms with van der Waals surface area (Å²) in [6.07, 6.45) is 4.72. The predicted octanol–water partition coefficient (Wildman–Crippen LogP) is 0.108. The predicted molar refractivity (Wildman–Crippen MR) is 66.4 cm³/mol. The molecule has 0 N–H and O–H groups in total. The fourth-order valence-corrected chi connectivity index (χ4v) is 2.05. The Morgan fingerprint density at radius 1 is 1.00 bits per heavy atom. The quantitative estimate of drug-likeness (QED) is 0.323. The molecule has 0 radical (unpaired) electrons. The van der Waals surface area contributed by atoms with Gasteiger partial charge in [0.25, 0.3) is 0 Å². The van der Waals surface area contributed by atoms with Gasteiger partial charge in [-0.15, -0.1) is 0 Å². The van der Waals surface area contributed by atoms with Gasteiger partial charge in [0.15, 0.2) is 0 Å². The molecule has 0 fully saturated rings. The molecule has 0 rings (SSSR count). The fourth-order valence-electron chi connectivity index (χ4n) is 2.05. The Morgan fingerprint density at radius 3 is 1.78 bits per heavy atom. The SMILES string of the molecule is CCCCCCCC(C(=O)[O-])(C(=O)[O-])C(C)C.[Ba+2]. The third kappa shape index (κ3) is 5.65. The molecule has 0 bridgehead atoms. The molecule has 0 unspecified atom stereocenters. The molecule has 0 spiro atoms. The van der Waals surface area contributed by atoms with Crippen molar-refractivity contribution in [2.45, 2.75) is 59.3 Å². The molecule has 0 saturated carbocycles. The first-order valence-electron chi connectivity index (χ1n) is 6.32. The minimum absolute atomic E-state index is 0. The van der Waals surface area contributed by atoms with Crippen LogP contribution in [0.3, 0.4) is 0 Å². The van der Waals surface area contributed by atoms with E-state index in [0.717, 1.165) is 25.7 Å². The second-order valence-corrected chi connectivity index (χ2v) is 4.87. The minimum Gasteiger partial charge on any atom is -0.549 e. The van der Waals surface area contributed by atoms with Crippen molar-refractivity contribution in [3.63, 3.8) is 0 Å². The first-order chi connectivity index (χ1) is 7.89. The maximum atomic E-state index is 11.1. The molecule has 0 saturated heterocycles. The summed E-state index contributed by atoms with van der Waals surface area (Å²) >= 11 is 0. The Balaban J connectivity index is 0.